The summed E-state index contributed by atoms with van der Waals surface area (Å²) in [6.07, 6.45) is 2.08. The zero-order valence-electron chi connectivity index (χ0n) is 6.22. The minimum Gasteiger partial charge on any atom is -0.462 e. The molecule has 0 aliphatic carbocycles. The summed E-state index contributed by atoms with van der Waals surface area (Å²) >= 11 is 0. The van der Waals surface area contributed by atoms with Crippen molar-refractivity contribution in [2.75, 3.05) is 13.1 Å². The molecule has 1 heterocycles. The Hall–Kier alpha value is -0.570. The fraction of sp³-hybridized carbons (Fsp3) is 0.857. The van der Waals surface area contributed by atoms with Crippen LogP contribution in [0.1, 0.15) is 19.8 Å². The average molecular weight is 143 g/mol. The summed E-state index contributed by atoms with van der Waals surface area (Å²) in [6, 6.07) is 0. The van der Waals surface area contributed by atoms with Gasteiger partial charge in [-0.1, -0.05) is 0 Å². The molecule has 0 saturated carbocycles. The van der Waals surface area contributed by atoms with Crippen molar-refractivity contribution in [3.63, 3.8) is 0 Å². The molecule has 0 aromatic carbocycles. The van der Waals surface area contributed by atoms with Crippen molar-refractivity contribution in [3.05, 3.63) is 0 Å². The summed E-state index contributed by atoms with van der Waals surface area (Å²) in [7, 11) is 0. The van der Waals surface area contributed by atoms with Gasteiger partial charge in [0, 0.05) is 6.92 Å². The smallest absolute Gasteiger partial charge is 0.302 e. The molecule has 1 aliphatic heterocycles. The van der Waals surface area contributed by atoms with Gasteiger partial charge in [0.25, 0.3) is 0 Å². The Morgan fingerprint density at radius 2 is 2.10 bits per heavy atom. The lowest BCUT2D eigenvalue weighted by molar-refractivity contribution is -0.147. The molecule has 3 heteroatoms. The minimum absolute atomic E-state index is 0.160. The summed E-state index contributed by atoms with van der Waals surface area (Å²) in [5, 5.41) is 3.20. The normalized spacial score (nSPS) is 20.5. The third kappa shape index (κ3) is 2.35. The van der Waals surface area contributed by atoms with Gasteiger partial charge < -0.3 is 10.1 Å². The predicted octanol–water partition coefficient (Wildman–Crippen LogP) is 0.301. The summed E-state index contributed by atoms with van der Waals surface area (Å²) < 4.78 is 5.01. The number of rotatable bonds is 1. The zero-order valence-corrected chi connectivity index (χ0v) is 6.22. The van der Waals surface area contributed by atoms with Crippen LogP contribution in [0.3, 0.4) is 0 Å². The number of hydrogen-bond acceptors (Lipinski definition) is 3. The van der Waals surface area contributed by atoms with Gasteiger partial charge in [-0.25, -0.2) is 0 Å². The lowest BCUT2D eigenvalue weighted by Gasteiger charge is -2.21. The summed E-state index contributed by atoms with van der Waals surface area (Å²) in [5.74, 6) is -0.160. The van der Waals surface area contributed by atoms with Crippen molar-refractivity contribution in [3.8, 4) is 0 Å². The Balaban J connectivity index is 2.19. The van der Waals surface area contributed by atoms with E-state index < -0.39 is 0 Å². The molecular formula is C7H13NO2. The highest BCUT2D eigenvalue weighted by molar-refractivity contribution is 5.66. The Bertz CT molecular complexity index is 119. The monoisotopic (exact) mass is 143 g/mol. The molecule has 0 amide bonds. The molecule has 0 unspecified atom stereocenters. The van der Waals surface area contributed by atoms with E-state index in [1.165, 1.54) is 6.92 Å². The molecule has 0 radical (unpaired) electrons. The van der Waals surface area contributed by atoms with Crippen molar-refractivity contribution in [2.24, 2.45) is 0 Å². The number of hydrogen-bond donors (Lipinski definition) is 1. The molecule has 3 nitrogen and oxygen atoms in total. The maximum absolute atomic E-state index is 10.5. The SMILES string of the molecule is CC(=O)OC1CCNCC1. The zero-order chi connectivity index (χ0) is 7.40. The van der Waals surface area contributed by atoms with Crippen LogP contribution < -0.4 is 5.32 Å². The van der Waals surface area contributed by atoms with Gasteiger partial charge in [0.05, 0.1) is 0 Å². The van der Waals surface area contributed by atoms with Gasteiger partial charge in [-0.2, -0.15) is 0 Å². The topological polar surface area (TPSA) is 38.3 Å². The largest absolute Gasteiger partial charge is 0.462 e. The highest BCUT2D eigenvalue weighted by atomic mass is 16.5. The van der Waals surface area contributed by atoms with E-state index in [0.717, 1.165) is 25.9 Å². The van der Waals surface area contributed by atoms with Crippen molar-refractivity contribution in [1.82, 2.24) is 5.32 Å². The molecule has 0 bridgehead atoms. The molecule has 10 heavy (non-hydrogen) atoms. The molecule has 1 saturated heterocycles. The molecule has 1 fully saturated rings. The summed E-state index contributed by atoms with van der Waals surface area (Å²) in [5.41, 5.74) is 0. The van der Waals surface area contributed by atoms with E-state index >= 15 is 0 Å². The molecule has 0 atom stereocenters. The van der Waals surface area contributed by atoms with Crippen molar-refractivity contribution >= 4 is 5.97 Å². The predicted molar refractivity (Wildman–Crippen MR) is 37.7 cm³/mol. The molecule has 0 aromatic rings. The second-order valence-electron chi connectivity index (χ2n) is 2.56. The maximum Gasteiger partial charge on any atom is 0.302 e. The summed E-state index contributed by atoms with van der Waals surface area (Å²) in [4.78, 5) is 10.5. The lowest BCUT2D eigenvalue weighted by Crippen LogP contribution is -2.33. The molecule has 1 rings (SSSR count). The number of piperidine rings is 1. The standard InChI is InChI=1S/C7H13NO2/c1-6(9)10-7-2-4-8-5-3-7/h7-8H,2-5H2,1H3. The highest BCUT2D eigenvalue weighted by Crippen LogP contribution is 2.06. The molecule has 0 aromatic heterocycles. The maximum atomic E-state index is 10.5. The Morgan fingerprint density at radius 1 is 1.50 bits per heavy atom. The Labute approximate surface area is 60.7 Å². The first-order valence-corrected chi connectivity index (χ1v) is 3.67. The molecular weight excluding hydrogens is 130 g/mol. The van der Waals surface area contributed by atoms with Crippen LogP contribution in [-0.2, 0) is 9.53 Å². The van der Waals surface area contributed by atoms with Crippen LogP contribution in [0.2, 0.25) is 0 Å². The van der Waals surface area contributed by atoms with Gasteiger partial charge in [0.1, 0.15) is 6.10 Å². The fourth-order valence-corrected chi connectivity index (χ4v) is 1.15. The molecule has 58 valence electrons. The second kappa shape index (κ2) is 3.56. The van der Waals surface area contributed by atoms with Crippen LogP contribution >= 0.6 is 0 Å². The van der Waals surface area contributed by atoms with Gasteiger partial charge in [0.2, 0.25) is 0 Å². The highest BCUT2D eigenvalue weighted by Gasteiger charge is 2.14. The number of esters is 1. The Morgan fingerprint density at radius 3 is 2.60 bits per heavy atom. The van der Waals surface area contributed by atoms with Gasteiger partial charge in [0.15, 0.2) is 0 Å². The van der Waals surface area contributed by atoms with Crippen LogP contribution in [0.15, 0.2) is 0 Å². The van der Waals surface area contributed by atoms with E-state index in [4.69, 9.17) is 4.74 Å². The fourth-order valence-electron chi connectivity index (χ4n) is 1.15. The first-order chi connectivity index (χ1) is 4.79. The quantitative estimate of drug-likeness (QED) is 0.536. The van der Waals surface area contributed by atoms with E-state index in [9.17, 15) is 4.79 Å². The van der Waals surface area contributed by atoms with Gasteiger partial charge in [-0.15, -0.1) is 0 Å². The lowest BCUT2D eigenvalue weighted by atomic mass is 10.1. The Kier molecular flexibility index (Phi) is 2.68. The first-order valence-electron chi connectivity index (χ1n) is 3.67. The van der Waals surface area contributed by atoms with Crippen LogP contribution in [0.25, 0.3) is 0 Å². The van der Waals surface area contributed by atoms with Gasteiger partial charge in [-0.3, -0.25) is 4.79 Å². The van der Waals surface area contributed by atoms with Crippen molar-refractivity contribution in [1.29, 1.82) is 0 Å². The van der Waals surface area contributed by atoms with E-state index in [-0.39, 0.29) is 12.1 Å². The first kappa shape index (κ1) is 7.54. The van der Waals surface area contributed by atoms with Crippen LogP contribution in [0.4, 0.5) is 0 Å². The number of carbonyl (C=O) groups is 1. The van der Waals surface area contributed by atoms with Crippen LogP contribution in [0.5, 0.6) is 0 Å². The minimum atomic E-state index is -0.160. The van der Waals surface area contributed by atoms with Crippen molar-refractivity contribution in [2.45, 2.75) is 25.9 Å². The van der Waals surface area contributed by atoms with Gasteiger partial charge >= 0.3 is 5.97 Å². The number of nitrogens with one attached hydrogen (secondary N) is 1. The number of ether oxygens (including phenoxy) is 1. The van der Waals surface area contributed by atoms with Gasteiger partial charge in [-0.05, 0) is 25.9 Å². The van der Waals surface area contributed by atoms with E-state index in [1.807, 2.05) is 0 Å². The van der Waals surface area contributed by atoms with E-state index in [2.05, 4.69) is 5.32 Å². The van der Waals surface area contributed by atoms with Crippen LogP contribution in [0, 0.1) is 0 Å². The second-order valence-corrected chi connectivity index (χ2v) is 2.56. The van der Waals surface area contributed by atoms with Crippen LogP contribution in [-0.4, -0.2) is 25.2 Å². The summed E-state index contributed by atoms with van der Waals surface area (Å²) in [6.45, 7) is 3.40. The van der Waals surface area contributed by atoms with E-state index in [1.54, 1.807) is 0 Å². The number of carbonyl (C=O) groups excluding carboxylic acids is 1. The third-order valence-corrected chi connectivity index (χ3v) is 1.62. The molecule has 0 spiro atoms. The van der Waals surface area contributed by atoms with Crippen molar-refractivity contribution < 1.29 is 9.53 Å². The third-order valence-electron chi connectivity index (χ3n) is 1.62. The molecule has 1 N–H and O–H groups in total. The average Bonchev–Trinajstić information content (AvgIpc) is 1.88. The molecule has 1 aliphatic rings. The van der Waals surface area contributed by atoms with E-state index in [0.29, 0.717) is 0 Å².